The maximum Gasteiger partial charge on any atom is 0.338 e. The van der Waals surface area contributed by atoms with Gasteiger partial charge in [-0.25, -0.2) is 4.79 Å². The van der Waals surface area contributed by atoms with Crippen LogP contribution in [0.1, 0.15) is 56.3 Å². The van der Waals surface area contributed by atoms with Crippen LogP contribution in [0.2, 0.25) is 0 Å². The molecule has 1 aromatic rings. The summed E-state index contributed by atoms with van der Waals surface area (Å²) in [4.78, 5) is 12.0. The molecular weight excluding hydrogens is 236 g/mol. The van der Waals surface area contributed by atoms with Crippen molar-refractivity contribution in [2.24, 2.45) is 11.8 Å². The van der Waals surface area contributed by atoms with E-state index in [4.69, 9.17) is 4.74 Å². The average Bonchev–Trinajstić information content (AvgIpc) is 2.48. The van der Waals surface area contributed by atoms with E-state index in [1.165, 1.54) is 19.3 Å². The summed E-state index contributed by atoms with van der Waals surface area (Å²) in [6.45, 7) is 4.59. The van der Waals surface area contributed by atoms with Gasteiger partial charge in [-0.05, 0) is 49.7 Å². The lowest BCUT2D eigenvalue weighted by Crippen LogP contribution is -2.27. The largest absolute Gasteiger partial charge is 0.459 e. The van der Waals surface area contributed by atoms with Crippen LogP contribution in [0.25, 0.3) is 0 Å². The molecule has 19 heavy (non-hydrogen) atoms. The van der Waals surface area contributed by atoms with Crippen LogP contribution in [0.15, 0.2) is 30.3 Å². The third kappa shape index (κ3) is 3.82. The van der Waals surface area contributed by atoms with Crippen LogP contribution in [0, 0.1) is 11.8 Å². The summed E-state index contributed by atoms with van der Waals surface area (Å²) >= 11 is 0. The highest BCUT2D eigenvalue weighted by Crippen LogP contribution is 2.33. The SMILES string of the molecule is CCC(C)C1CCC(OC(=O)c2ccccc2)CC1. The second kappa shape index (κ2) is 6.74. The lowest BCUT2D eigenvalue weighted by molar-refractivity contribution is 0.0136. The summed E-state index contributed by atoms with van der Waals surface area (Å²) < 4.78 is 5.60. The van der Waals surface area contributed by atoms with Crippen LogP contribution in [-0.2, 0) is 4.74 Å². The molecule has 0 aromatic heterocycles. The summed E-state index contributed by atoms with van der Waals surface area (Å²) in [5.74, 6) is 1.44. The molecule has 1 fully saturated rings. The van der Waals surface area contributed by atoms with E-state index in [2.05, 4.69) is 13.8 Å². The van der Waals surface area contributed by atoms with Crippen LogP contribution in [0.4, 0.5) is 0 Å². The quantitative estimate of drug-likeness (QED) is 0.748. The van der Waals surface area contributed by atoms with Crippen molar-refractivity contribution in [2.45, 2.75) is 52.1 Å². The third-order valence-electron chi connectivity index (χ3n) is 4.45. The normalized spacial score (nSPS) is 24.7. The molecule has 0 saturated heterocycles. The van der Waals surface area contributed by atoms with Crippen molar-refractivity contribution in [1.29, 1.82) is 0 Å². The molecule has 0 spiro atoms. The zero-order valence-electron chi connectivity index (χ0n) is 12.0. The number of hydrogen-bond acceptors (Lipinski definition) is 2. The predicted octanol–water partition coefficient (Wildman–Crippen LogP) is 4.45. The Morgan fingerprint density at radius 2 is 1.84 bits per heavy atom. The highest BCUT2D eigenvalue weighted by Gasteiger charge is 2.26. The first kappa shape index (κ1) is 14.1. The first-order chi connectivity index (χ1) is 9.20. The molecule has 0 heterocycles. The molecule has 2 rings (SSSR count). The number of esters is 1. The van der Waals surface area contributed by atoms with Gasteiger partial charge < -0.3 is 4.74 Å². The standard InChI is InChI=1S/C17H24O2/c1-3-13(2)14-9-11-16(12-10-14)19-17(18)15-7-5-4-6-8-15/h4-8,13-14,16H,3,9-12H2,1-2H3. The fourth-order valence-corrected chi connectivity index (χ4v) is 2.90. The summed E-state index contributed by atoms with van der Waals surface area (Å²) in [6, 6.07) is 9.28. The van der Waals surface area contributed by atoms with Crippen LogP contribution < -0.4 is 0 Å². The predicted molar refractivity (Wildman–Crippen MR) is 77.1 cm³/mol. The molecule has 0 N–H and O–H groups in total. The van der Waals surface area contributed by atoms with Crippen molar-refractivity contribution in [3.8, 4) is 0 Å². The highest BCUT2D eigenvalue weighted by molar-refractivity contribution is 5.89. The van der Waals surface area contributed by atoms with E-state index in [-0.39, 0.29) is 12.1 Å². The molecular formula is C17H24O2. The van der Waals surface area contributed by atoms with Crippen LogP contribution in [0.5, 0.6) is 0 Å². The van der Waals surface area contributed by atoms with E-state index in [0.717, 1.165) is 24.7 Å². The van der Waals surface area contributed by atoms with E-state index in [1.807, 2.05) is 30.3 Å². The zero-order valence-corrected chi connectivity index (χ0v) is 12.0. The van der Waals surface area contributed by atoms with Gasteiger partial charge in [-0.2, -0.15) is 0 Å². The summed E-state index contributed by atoms with van der Waals surface area (Å²) in [5, 5.41) is 0. The Kier molecular flexibility index (Phi) is 5.00. The Balaban J connectivity index is 1.81. The molecule has 2 nitrogen and oxygen atoms in total. The lowest BCUT2D eigenvalue weighted by atomic mass is 9.79. The maximum atomic E-state index is 12.0. The zero-order chi connectivity index (χ0) is 13.7. The van der Waals surface area contributed by atoms with E-state index < -0.39 is 0 Å². The number of hydrogen-bond donors (Lipinski definition) is 0. The van der Waals surface area contributed by atoms with Gasteiger partial charge in [0.1, 0.15) is 6.10 Å². The van der Waals surface area contributed by atoms with Gasteiger partial charge in [-0.3, -0.25) is 0 Å². The Hall–Kier alpha value is -1.31. The minimum atomic E-state index is -0.174. The Morgan fingerprint density at radius 1 is 1.21 bits per heavy atom. The molecule has 0 amide bonds. The van der Waals surface area contributed by atoms with Gasteiger partial charge in [0.05, 0.1) is 5.56 Å². The first-order valence-electron chi connectivity index (χ1n) is 7.46. The van der Waals surface area contributed by atoms with Gasteiger partial charge in [-0.15, -0.1) is 0 Å². The molecule has 1 aliphatic carbocycles. The number of carbonyl (C=O) groups is 1. The first-order valence-corrected chi connectivity index (χ1v) is 7.46. The van der Waals surface area contributed by atoms with E-state index in [9.17, 15) is 4.79 Å². The summed E-state index contributed by atoms with van der Waals surface area (Å²) in [7, 11) is 0. The second-order valence-corrected chi connectivity index (χ2v) is 5.69. The van der Waals surface area contributed by atoms with Crippen molar-refractivity contribution in [3.63, 3.8) is 0 Å². The number of ether oxygens (including phenoxy) is 1. The van der Waals surface area contributed by atoms with Crippen molar-refractivity contribution >= 4 is 5.97 Å². The molecule has 104 valence electrons. The fourth-order valence-electron chi connectivity index (χ4n) is 2.90. The molecule has 1 saturated carbocycles. The van der Waals surface area contributed by atoms with Crippen molar-refractivity contribution < 1.29 is 9.53 Å². The maximum absolute atomic E-state index is 12.0. The van der Waals surface area contributed by atoms with Gasteiger partial charge in [0.25, 0.3) is 0 Å². The Morgan fingerprint density at radius 3 is 2.42 bits per heavy atom. The summed E-state index contributed by atoms with van der Waals surface area (Å²) in [6.07, 6.45) is 5.80. The highest BCUT2D eigenvalue weighted by atomic mass is 16.5. The van der Waals surface area contributed by atoms with Gasteiger partial charge in [0.15, 0.2) is 0 Å². The molecule has 0 aliphatic heterocycles. The third-order valence-corrected chi connectivity index (χ3v) is 4.45. The molecule has 0 radical (unpaired) electrons. The summed E-state index contributed by atoms with van der Waals surface area (Å²) in [5.41, 5.74) is 0.659. The molecule has 1 aromatic carbocycles. The number of benzene rings is 1. The van der Waals surface area contributed by atoms with Crippen LogP contribution in [-0.4, -0.2) is 12.1 Å². The molecule has 2 heteroatoms. The topological polar surface area (TPSA) is 26.3 Å². The lowest BCUT2D eigenvalue weighted by Gasteiger charge is -2.31. The monoisotopic (exact) mass is 260 g/mol. The van der Waals surface area contributed by atoms with E-state index >= 15 is 0 Å². The van der Waals surface area contributed by atoms with Crippen molar-refractivity contribution in [3.05, 3.63) is 35.9 Å². The van der Waals surface area contributed by atoms with Crippen LogP contribution >= 0.6 is 0 Å². The van der Waals surface area contributed by atoms with Crippen LogP contribution in [0.3, 0.4) is 0 Å². The van der Waals surface area contributed by atoms with Crippen molar-refractivity contribution in [1.82, 2.24) is 0 Å². The molecule has 1 aliphatic rings. The number of carbonyl (C=O) groups excluding carboxylic acids is 1. The average molecular weight is 260 g/mol. The van der Waals surface area contributed by atoms with E-state index in [0.29, 0.717) is 5.56 Å². The Bertz CT molecular complexity index is 391. The minimum absolute atomic E-state index is 0.119. The molecule has 1 atom stereocenters. The Labute approximate surface area is 116 Å². The number of rotatable bonds is 4. The van der Waals surface area contributed by atoms with E-state index in [1.54, 1.807) is 0 Å². The van der Waals surface area contributed by atoms with Gasteiger partial charge in [0.2, 0.25) is 0 Å². The van der Waals surface area contributed by atoms with Gasteiger partial charge in [0, 0.05) is 0 Å². The van der Waals surface area contributed by atoms with Gasteiger partial charge >= 0.3 is 5.97 Å². The van der Waals surface area contributed by atoms with Gasteiger partial charge in [-0.1, -0.05) is 38.5 Å². The second-order valence-electron chi connectivity index (χ2n) is 5.69. The smallest absolute Gasteiger partial charge is 0.338 e. The molecule has 1 unspecified atom stereocenters. The molecule has 0 bridgehead atoms. The fraction of sp³-hybridized carbons (Fsp3) is 0.588. The minimum Gasteiger partial charge on any atom is -0.459 e. The van der Waals surface area contributed by atoms with Crippen molar-refractivity contribution in [2.75, 3.05) is 0 Å².